The first kappa shape index (κ1) is 34.6. The number of hydrogen-bond donors (Lipinski definition) is 0. The SMILES string of the molecule is C=CC(=O)OCC(COCCCCOc1ccc(C(=O)Oc2ccc3c(c2)C(C)(C)c2cc(OC(C)=O)ccc2-3)cc1)OC(=O)C=C. The molecule has 246 valence electrons. The molecule has 0 spiro atoms. The van der Waals surface area contributed by atoms with Crippen LogP contribution in [0.4, 0.5) is 0 Å². The van der Waals surface area contributed by atoms with Crippen LogP contribution in [0.5, 0.6) is 17.2 Å². The fraction of sp³-hybridized carbons (Fsp3) is 0.297. The molecule has 1 aliphatic carbocycles. The highest BCUT2D eigenvalue weighted by Crippen LogP contribution is 2.50. The summed E-state index contributed by atoms with van der Waals surface area (Å²) < 4.78 is 32.4. The lowest BCUT2D eigenvalue weighted by atomic mass is 9.82. The second kappa shape index (κ2) is 15.9. The molecule has 1 aliphatic rings. The van der Waals surface area contributed by atoms with Crippen molar-refractivity contribution in [2.45, 2.75) is 45.1 Å². The van der Waals surface area contributed by atoms with E-state index in [2.05, 4.69) is 27.0 Å². The predicted octanol–water partition coefficient (Wildman–Crippen LogP) is 6.14. The number of carbonyl (C=O) groups excluding carboxylic acids is 4. The van der Waals surface area contributed by atoms with Crippen molar-refractivity contribution in [3.8, 4) is 28.4 Å². The monoisotopic (exact) mass is 642 g/mol. The highest BCUT2D eigenvalue weighted by atomic mass is 16.6. The largest absolute Gasteiger partial charge is 0.494 e. The molecular formula is C37H38O10. The minimum Gasteiger partial charge on any atom is -0.494 e. The van der Waals surface area contributed by atoms with E-state index in [4.69, 9.17) is 28.4 Å². The molecule has 3 aromatic rings. The van der Waals surface area contributed by atoms with Crippen LogP contribution in [-0.2, 0) is 34.0 Å². The average molecular weight is 643 g/mol. The van der Waals surface area contributed by atoms with Crippen molar-refractivity contribution >= 4 is 23.9 Å². The summed E-state index contributed by atoms with van der Waals surface area (Å²) in [6.45, 7) is 12.9. The van der Waals surface area contributed by atoms with Crippen LogP contribution in [0.15, 0.2) is 86.0 Å². The van der Waals surface area contributed by atoms with Gasteiger partial charge in [-0.15, -0.1) is 0 Å². The van der Waals surface area contributed by atoms with Crippen LogP contribution in [0.25, 0.3) is 11.1 Å². The lowest BCUT2D eigenvalue weighted by Gasteiger charge is -2.22. The van der Waals surface area contributed by atoms with E-state index in [0.717, 1.165) is 34.4 Å². The number of unbranched alkanes of at least 4 members (excludes halogenated alkanes) is 1. The average Bonchev–Trinajstić information content (AvgIpc) is 3.27. The molecule has 0 N–H and O–H groups in total. The Morgan fingerprint density at radius 2 is 1.32 bits per heavy atom. The molecule has 1 atom stereocenters. The smallest absolute Gasteiger partial charge is 0.343 e. The van der Waals surface area contributed by atoms with Gasteiger partial charge in [-0.1, -0.05) is 39.1 Å². The van der Waals surface area contributed by atoms with Crippen molar-refractivity contribution in [2.24, 2.45) is 0 Å². The van der Waals surface area contributed by atoms with Gasteiger partial charge in [0.15, 0.2) is 6.10 Å². The summed E-state index contributed by atoms with van der Waals surface area (Å²) in [6, 6.07) is 17.9. The van der Waals surface area contributed by atoms with Gasteiger partial charge in [-0.05, 0) is 83.6 Å². The van der Waals surface area contributed by atoms with Crippen LogP contribution < -0.4 is 14.2 Å². The Kier molecular flexibility index (Phi) is 11.7. The summed E-state index contributed by atoms with van der Waals surface area (Å²) in [7, 11) is 0. The summed E-state index contributed by atoms with van der Waals surface area (Å²) in [5, 5.41) is 0. The first-order chi connectivity index (χ1) is 22.5. The zero-order chi connectivity index (χ0) is 34.0. The molecule has 0 radical (unpaired) electrons. The first-order valence-corrected chi connectivity index (χ1v) is 15.1. The number of hydrogen-bond acceptors (Lipinski definition) is 10. The minimum absolute atomic E-state index is 0.0534. The van der Waals surface area contributed by atoms with Crippen LogP contribution in [0, 0.1) is 0 Å². The standard InChI is InChI=1S/C37H38O10/c1-6-34(39)44-23-29(46-35(40)7-2)22-42-18-8-9-19-43-26-12-10-25(11-13-26)36(41)47-28-15-17-31-30-16-14-27(45-24(3)38)20-32(30)37(4,5)33(31)21-28/h6-7,10-17,20-21,29H,1-2,8-9,18-19,22-23H2,3-5H3. The molecule has 0 heterocycles. The minimum atomic E-state index is -0.763. The molecule has 0 amide bonds. The molecule has 1 unspecified atom stereocenters. The molecule has 0 saturated carbocycles. The van der Waals surface area contributed by atoms with Crippen molar-refractivity contribution in [3.05, 3.63) is 103 Å². The summed E-state index contributed by atoms with van der Waals surface area (Å²) in [5.74, 6) is -0.605. The Balaban J connectivity index is 1.22. The second-order valence-electron chi connectivity index (χ2n) is 11.3. The molecule has 4 rings (SSSR count). The zero-order valence-corrected chi connectivity index (χ0v) is 26.7. The Morgan fingerprint density at radius 3 is 1.91 bits per heavy atom. The third kappa shape index (κ3) is 9.17. The molecule has 0 aromatic heterocycles. The van der Waals surface area contributed by atoms with Crippen molar-refractivity contribution in [1.82, 2.24) is 0 Å². The lowest BCUT2D eigenvalue weighted by Crippen LogP contribution is -2.29. The number of benzene rings is 3. The van der Waals surface area contributed by atoms with Crippen LogP contribution in [0.3, 0.4) is 0 Å². The van der Waals surface area contributed by atoms with Gasteiger partial charge in [0.2, 0.25) is 0 Å². The van der Waals surface area contributed by atoms with E-state index in [1.807, 2.05) is 24.3 Å². The van der Waals surface area contributed by atoms with Crippen molar-refractivity contribution < 1.29 is 47.6 Å². The van der Waals surface area contributed by atoms with Crippen molar-refractivity contribution in [2.75, 3.05) is 26.4 Å². The fourth-order valence-corrected chi connectivity index (χ4v) is 5.12. The van der Waals surface area contributed by atoms with E-state index in [9.17, 15) is 19.2 Å². The van der Waals surface area contributed by atoms with Crippen LogP contribution in [-0.4, -0.2) is 56.4 Å². The summed E-state index contributed by atoms with van der Waals surface area (Å²) in [4.78, 5) is 47.2. The summed E-state index contributed by atoms with van der Waals surface area (Å²) >= 11 is 0. The molecule has 3 aromatic carbocycles. The van der Waals surface area contributed by atoms with Crippen LogP contribution >= 0.6 is 0 Å². The van der Waals surface area contributed by atoms with E-state index < -0.39 is 24.0 Å². The number of esters is 4. The normalized spacial score (nSPS) is 12.9. The quantitative estimate of drug-likeness (QED) is 0.0779. The second-order valence-corrected chi connectivity index (χ2v) is 11.3. The Hall–Kier alpha value is -5.22. The molecule has 10 nitrogen and oxygen atoms in total. The number of rotatable bonds is 16. The maximum absolute atomic E-state index is 12.9. The van der Waals surface area contributed by atoms with E-state index in [1.54, 1.807) is 36.4 Å². The van der Waals surface area contributed by atoms with Crippen molar-refractivity contribution in [3.63, 3.8) is 0 Å². The summed E-state index contributed by atoms with van der Waals surface area (Å²) in [6.07, 6.45) is 2.65. The van der Waals surface area contributed by atoms with E-state index in [0.29, 0.717) is 48.9 Å². The van der Waals surface area contributed by atoms with Crippen LogP contribution in [0.1, 0.15) is 55.1 Å². The molecule has 0 bridgehead atoms. The van der Waals surface area contributed by atoms with E-state index in [-0.39, 0.29) is 24.6 Å². The molecule has 10 heteroatoms. The maximum Gasteiger partial charge on any atom is 0.343 e. The van der Waals surface area contributed by atoms with Crippen LogP contribution in [0.2, 0.25) is 0 Å². The number of ether oxygens (including phenoxy) is 6. The lowest BCUT2D eigenvalue weighted by molar-refractivity contribution is -0.156. The van der Waals surface area contributed by atoms with Gasteiger partial charge in [-0.3, -0.25) is 4.79 Å². The third-order valence-electron chi connectivity index (χ3n) is 7.46. The highest BCUT2D eigenvalue weighted by molar-refractivity contribution is 5.91. The number of fused-ring (bicyclic) bond motifs is 3. The van der Waals surface area contributed by atoms with E-state index >= 15 is 0 Å². The Bertz CT molecular complexity index is 1640. The molecule has 0 saturated heterocycles. The first-order valence-electron chi connectivity index (χ1n) is 15.1. The molecule has 47 heavy (non-hydrogen) atoms. The Morgan fingerprint density at radius 1 is 0.745 bits per heavy atom. The van der Waals surface area contributed by atoms with Gasteiger partial charge in [0, 0.05) is 31.1 Å². The van der Waals surface area contributed by atoms with Gasteiger partial charge in [0.1, 0.15) is 23.9 Å². The highest BCUT2D eigenvalue weighted by Gasteiger charge is 2.36. The van der Waals surface area contributed by atoms with E-state index in [1.165, 1.54) is 6.92 Å². The zero-order valence-electron chi connectivity index (χ0n) is 26.7. The van der Waals surface area contributed by atoms with Gasteiger partial charge in [0.25, 0.3) is 0 Å². The predicted molar refractivity (Wildman–Crippen MR) is 173 cm³/mol. The van der Waals surface area contributed by atoms with Gasteiger partial charge >= 0.3 is 23.9 Å². The van der Waals surface area contributed by atoms with Crippen molar-refractivity contribution in [1.29, 1.82) is 0 Å². The topological polar surface area (TPSA) is 124 Å². The molecule has 0 fully saturated rings. The fourth-order valence-electron chi connectivity index (χ4n) is 5.12. The van der Waals surface area contributed by atoms with Gasteiger partial charge in [-0.25, -0.2) is 14.4 Å². The maximum atomic E-state index is 12.9. The van der Waals surface area contributed by atoms with Gasteiger partial charge < -0.3 is 28.4 Å². The molecular weight excluding hydrogens is 604 g/mol. The van der Waals surface area contributed by atoms with Gasteiger partial charge in [0.05, 0.1) is 18.8 Å². The summed E-state index contributed by atoms with van der Waals surface area (Å²) in [5.41, 5.74) is 4.12. The third-order valence-corrected chi connectivity index (χ3v) is 7.46. The molecule has 0 aliphatic heterocycles. The Labute approximate surface area is 273 Å². The van der Waals surface area contributed by atoms with Gasteiger partial charge in [-0.2, -0.15) is 0 Å². The number of carbonyl (C=O) groups is 4.